The van der Waals surface area contributed by atoms with Gasteiger partial charge in [-0.2, -0.15) is 10.5 Å². The Balaban J connectivity index is 1.34. The summed E-state index contributed by atoms with van der Waals surface area (Å²) in [5.41, 5.74) is 7.41. The number of para-hydroxylation sites is 4. The average Bonchev–Trinajstić information content (AvgIpc) is 3.78. The van der Waals surface area contributed by atoms with Gasteiger partial charge in [-0.05, 0) is 91.6 Å². The zero-order valence-electron chi connectivity index (χ0n) is 30.0. The topological polar surface area (TPSA) is 57.4 Å². The summed E-state index contributed by atoms with van der Waals surface area (Å²) in [5.74, 6) is 0. The molecule has 56 heavy (non-hydrogen) atoms. The van der Waals surface area contributed by atoms with Crippen LogP contribution >= 0.6 is 0 Å². The summed E-state index contributed by atoms with van der Waals surface area (Å²) < 4.78 is 4.78. The molecule has 0 aliphatic rings. The van der Waals surface area contributed by atoms with Crippen LogP contribution in [0.1, 0.15) is 11.1 Å². The first kappa shape index (κ1) is 30.5. The lowest BCUT2D eigenvalue weighted by molar-refractivity contribution is 1.20. The molecule has 10 aromatic carbocycles. The predicted molar refractivity (Wildman–Crippen MR) is 232 cm³/mol. The molecular formula is C52H28N4. The standard InChI is InChI=1S/C52H28N4/c53-29-31-25-41-42(26-32(31)30-54)44-28-50(56-47-23-11-7-15-35(47)36-16-8-12-24-48(36)56)38-18-2-4-20-40(38)52(44)51-39-19-3-1-17-37(39)49(27-43(41)51)55-45-21-9-5-13-33(45)34-14-6-10-22-46(34)55/h1-28H. The molecule has 2 aromatic heterocycles. The molecule has 0 aliphatic heterocycles. The second-order valence-corrected chi connectivity index (χ2v) is 14.6. The number of hydrogen-bond donors (Lipinski definition) is 0. The molecule has 0 unspecified atom stereocenters. The Bertz CT molecular complexity index is 3440. The van der Waals surface area contributed by atoms with Crippen LogP contribution in [-0.4, -0.2) is 9.13 Å². The lowest BCUT2D eigenvalue weighted by Gasteiger charge is -2.21. The van der Waals surface area contributed by atoms with Crippen molar-refractivity contribution in [2.75, 3.05) is 0 Å². The summed E-state index contributed by atoms with van der Waals surface area (Å²) >= 11 is 0. The van der Waals surface area contributed by atoms with Crippen molar-refractivity contribution in [3.8, 4) is 23.5 Å². The van der Waals surface area contributed by atoms with E-state index >= 15 is 0 Å². The molecule has 0 saturated carbocycles. The Kier molecular flexibility index (Phi) is 6.16. The fourth-order valence-corrected chi connectivity index (χ4v) is 9.64. The van der Waals surface area contributed by atoms with Gasteiger partial charge in [-0.1, -0.05) is 121 Å². The third kappa shape index (κ3) is 3.94. The van der Waals surface area contributed by atoms with Gasteiger partial charge in [0, 0.05) is 32.3 Å². The number of aromatic nitrogens is 2. The van der Waals surface area contributed by atoms with Crippen LogP contribution in [0.2, 0.25) is 0 Å². The quantitative estimate of drug-likeness (QED) is 0.168. The lowest BCUT2D eigenvalue weighted by Crippen LogP contribution is -1.99. The molecule has 0 spiro atoms. The number of hydrogen-bond acceptors (Lipinski definition) is 2. The Morgan fingerprint density at radius 2 is 0.571 bits per heavy atom. The van der Waals surface area contributed by atoms with Gasteiger partial charge in [0.05, 0.1) is 44.6 Å². The molecule has 0 radical (unpaired) electrons. The molecule has 0 aliphatic carbocycles. The van der Waals surface area contributed by atoms with Gasteiger partial charge in [-0.25, -0.2) is 0 Å². The fraction of sp³-hybridized carbons (Fsp3) is 0. The monoisotopic (exact) mass is 708 g/mol. The Labute approximate surface area is 320 Å². The number of fused-ring (bicyclic) bond motifs is 16. The summed E-state index contributed by atoms with van der Waals surface area (Å²) in [6, 6.07) is 65.1. The molecule has 2 heterocycles. The average molecular weight is 709 g/mol. The van der Waals surface area contributed by atoms with E-state index in [0.717, 1.165) is 87.3 Å². The first-order valence-electron chi connectivity index (χ1n) is 18.8. The first-order chi connectivity index (χ1) is 27.7. The van der Waals surface area contributed by atoms with Gasteiger partial charge in [0.25, 0.3) is 0 Å². The van der Waals surface area contributed by atoms with Crippen molar-refractivity contribution in [1.82, 2.24) is 9.13 Å². The smallest absolute Gasteiger partial charge is 0.101 e. The van der Waals surface area contributed by atoms with E-state index in [1.165, 1.54) is 21.5 Å². The van der Waals surface area contributed by atoms with E-state index in [0.29, 0.717) is 11.1 Å². The molecule has 0 fully saturated rings. The van der Waals surface area contributed by atoms with Crippen LogP contribution in [0.25, 0.3) is 109 Å². The molecule has 12 aromatic rings. The zero-order valence-corrected chi connectivity index (χ0v) is 30.0. The van der Waals surface area contributed by atoms with E-state index < -0.39 is 0 Å². The minimum Gasteiger partial charge on any atom is -0.309 e. The van der Waals surface area contributed by atoms with Crippen LogP contribution in [0, 0.1) is 22.7 Å². The van der Waals surface area contributed by atoms with Gasteiger partial charge in [0.15, 0.2) is 0 Å². The molecule has 4 heteroatoms. The number of nitrogens with zero attached hydrogens (tertiary/aromatic N) is 4. The highest BCUT2D eigenvalue weighted by molar-refractivity contribution is 6.38. The summed E-state index contributed by atoms with van der Waals surface area (Å²) in [6.45, 7) is 0. The Hall–Kier alpha value is -7.92. The largest absolute Gasteiger partial charge is 0.309 e. The second-order valence-electron chi connectivity index (χ2n) is 14.6. The van der Waals surface area contributed by atoms with E-state index in [1.807, 2.05) is 12.1 Å². The van der Waals surface area contributed by atoms with Crippen LogP contribution in [0.4, 0.5) is 0 Å². The van der Waals surface area contributed by atoms with Gasteiger partial charge >= 0.3 is 0 Å². The maximum absolute atomic E-state index is 10.4. The SMILES string of the molecule is N#Cc1cc2c(cc1C#N)c1cc(-n3c4ccccc4c4ccccc43)c3ccccc3c1c1c3ccccc3c(-n3c4ccccc4c4ccccc43)cc21. The van der Waals surface area contributed by atoms with Crippen LogP contribution in [-0.2, 0) is 0 Å². The normalized spacial score (nSPS) is 11.9. The molecule has 0 bridgehead atoms. The number of benzene rings is 10. The maximum Gasteiger partial charge on any atom is 0.101 e. The van der Waals surface area contributed by atoms with Crippen molar-refractivity contribution in [2.24, 2.45) is 0 Å². The highest BCUT2D eigenvalue weighted by Crippen LogP contribution is 2.47. The number of nitriles is 2. The van der Waals surface area contributed by atoms with Gasteiger partial charge in [0.1, 0.15) is 12.1 Å². The van der Waals surface area contributed by atoms with Gasteiger partial charge in [-0.3, -0.25) is 0 Å². The van der Waals surface area contributed by atoms with Crippen molar-refractivity contribution >= 4 is 97.5 Å². The third-order valence-corrected chi connectivity index (χ3v) is 11.9. The molecule has 12 rings (SSSR count). The summed E-state index contributed by atoms with van der Waals surface area (Å²) in [5, 5.41) is 36.4. The summed E-state index contributed by atoms with van der Waals surface area (Å²) in [7, 11) is 0. The summed E-state index contributed by atoms with van der Waals surface area (Å²) in [4.78, 5) is 0. The molecule has 0 saturated heterocycles. The highest BCUT2D eigenvalue weighted by atomic mass is 15.0. The van der Waals surface area contributed by atoms with Crippen molar-refractivity contribution in [2.45, 2.75) is 0 Å². The molecule has 0 amide bonds. The minimum atomic E-state index is 0.371. The second kappa shape index (κ2) is 11.3. The van der Waals surface area contributed by atoms with Crippen molar-refractivity contribution < 1.29 is 0 Å². The van der Waals surface area contributed by atoms with Crippen LogP contribution in [0.5, 0.6) is 0 Å². The molecule has 256 valence electrons. The fourth-order valence-electron chi connectivity index (χ4n) is 9.64. The third-order valence-electron chi connectivity index (χ3n) is 11.9. The highest BCUT2D eigenvalue weighted by Gasteiger charge is 2.23. The molecule has 0 atom stereocenters. The number of rotatable bonds is 2. The van der Waals surface area contributed by atoms with E-state index in [9.17, 15) is 10.5 Å². The van der Waals surface area contributed by atoms with Crippen molar-refractivity contribution in [3.05, 3.63) is 181 Å². The molecule has 0 N–H and O–H groups in total. The van der Waals surface area contributed by atoms with E-state index in [-0.39, 0.29) is 0 Å². The van der Waals surface area contributed by atoms with E-state index in [4.69, 9.17) is 0 Å². The predicted octanol–water partition coefficient (Wildman–Crippen LogP) is 13.4. The minimum absolute atomic E-state index is 0.371. The first-order valence-corrected chi connectivity index (χ1v) is 18.8. The molecule has 4 nitrogen and oxygen atoms in total. The van der Waals surface area contributed by atoms with Gasteiger partial charge in [-0.15, -0.1) is 0 Å². The zero-order chi connectivity index (χ0) is 37.1. The van der Waals surface area contributed by atoms with Gasteiger partial charge in [0.2, 0.25) is 0 Å². The van der Waals surface area contributed by atoms with Crippen LogP contribution in [0.3, 0.4) is 0 Å². The summed E-state index contributed by atoms with van der Waals surface area (Å²) in [6.07, 6.45) is 0. The molecular weight excluding hydrogens is 681 g/mol. The Morgan fingerprint density at radius 1 is 0.286 bits per heavy atom. The lowest BCUT2D eigenvalue weighted by atomic mass is 9.86. The van der Waals surface area contributed by atoms with E-state index in [2.05, 4.69) is 179 Å². The maximum atomic E-state index is 10.4. The van der Waals surface area contributed by atoms with Crippen LogP contribution in [0.15, 0.2) is 170 Å². The van der Waals surface area contributed by atoms with Crippen molar-refractivity contribution in [3.63, 3.8) is 0 Å². The van der Waals surface area contributed by atoms with Gasteiger partial charge < -0.3 is 9.13 Å². The van der Waals surface area contributed by atoms with E-state index in [1.54, 1.807) is 0 Å². The Morgan fingerprint density at radius 3 is 0.893 bits per heavy atom. The van der Waals surface area contributed by atoms with Crippen molar-refractivity contribution in [1.29, 1.82) is 10.5 Å². The van der Waals surface area contributed by atoms with Crippen LogP contribution < -0.4 is 0 Å².